The number of rotatable bonds is 6. The van der Waals surface area contributed by atoms with E-state index >= 15 is 0 Å². The predicted octanol–water partition coefficient (Wildman–Crippen LogP) is 3.13. The second kappa shape index (κ2) is 6.93. The summed E-state index contributed by atoms with van der Waals surface area (Å²) in [5.41, 5.74) is 1.19. The summed E-state index contributed by atoms with van der Waals surface area (Å²) in [6.07, 6.45) is 2.54. The molecule has 22 heavy (non-hydrogen) atoms. The minimum atomic E-state index is -0.949. The summed E-state index contributed by atoms with van der Waals surface area (Å²) in [6.45, 7) is 1.92. The summed E-state index contributed by atoms with van der Waals surface area (Å²) >= 11 is 0. The zero-order chi connectivity index (χ0) is 16.1. The van der Waals surface area contributed by atoms with Crippen LogP contribution < -0.4 is 0 Å². The van der Waals surface area contributed by atoms with Gasteiger partial charge in [0.2, 0.25) is 5.91 Å². The van der Waals surface area contributed by atoms with Gasteiger partial charge in [0.15, 0.2) is 0 Å². The fourth-order valence-electron chi connectivity index (χ4n) is 2.18. The first-order valence-electron chi connectivity index (χ1n) is 7.10. The van der Waals surface area contributed by atoms with Crippen molar-refractivity contribution >= 4 is 11.9 Å². The van der Waals surface area contributed by atoms with Gasteiger partial charge in [0.1, 0.15) is 5.76 Å². The van der Waals surface area contributed by atoms with Gasteiger partial charge < -0.3 is 14.4 Å². The monoisotopic (exact) mass is 301 g/mol. The Labute approximate surface area is 129 Å². The van der Waals surface area contributed by atoms with E-state index in [1.807, 2.05) is 13.0 Å². The Morgan fingerprint density at radius 2 is 1.91 bits per heavy atom. The molecule has 2 rings (SSSR count). The molecule has 1 heterocycles. The Morgan fingerprint density at radius 3 is 2.45 bits per heavy atom. The summed E-state index contributed by atoms with van der Waals surface area (Å²) in [7, 11) is 1.75. The Balaban J connectivity index is 1.90. The normalized spacial score (nSPS) is 11.9. The molecular formula is C17H19NO4. The topological polar surface area (TPSA) is 70.8 Å². The van der Waals surface area contributed by atoms with Gasteiger partial charge in [-0.2, -0.15) is 0 Å². The SMILES string of the molecule is CC(c1ccco1)N(C)C(=O)CCc1ccc(C(=O)O)cc1. The molecule has 1 N–H and O–H groups in total. The highest BCUT2D eigenvalue weighted by Crippen LogP contribution is 2.20. The van der Waals surface area contributed by atoms with E-state index in [9.17, 15) is 9.59 Å². The third kappa shape index (κ3) is 3.75. The molecule has 0 saturated heterocycles. The van der Waals surface area contributed by atoms with Gasteiger partial charge in [-0.3, -0.25) is 4.79 Å². The minimum absolute atomic E-state index is 0.0196. The molecule has 0 aliphatic heterocycles. The molecule has 0 aliphatic rings. The van der Waals surface area contributed by atoms with Crippen LogP contribution in [-0.4, -0.2) is 28.9 Å². The summed E-state index contributed by atoms with van der Waals surface area (Å²) in [5, 5.41) is 8.85. The zero-order valence-electron chi connectivity index (χ0n) is 12.7. The van der Waals surface area contributed by atoms with Crippen molar-refractivity contribution in [3.8, 4) is 0 Å². The lowest BCUT2D eigenvalue weighted by atomic mass is 10.1. The van der Waals surface area contributed by atoms with Crippen molar-refractivity contribution in [3.63, 3.8) is 0 Å². The van der Waals surface area contributed by atoms with Crippen molar-refractivity contribution in [2.75, 3.05) is 7.05 Å². The molecule has 5 nitrogen and oxygen atoms in total. The second-order valence-corrected chi connectivity index (χ2v) is 5.20. The molecule has 1 atom stereocenters. The number of hydrogen-bond donors (Lipinski definition) is 1. The average molecular weight is 301 g/mol. The molecule has 116 valence electrons. The lowest BCUT2D eigenvalue weighted by Gasteiger charge is -2.23. The van der Waals surface area contributed by atoms with Gasteiger partial charge in [-0.25, -0.2) is 4.79 Å². The highest BCUT2D eigenvalue weighted by Gasteiger charge is 2.19. The first kappa shape index (κ1) is 15.8. The van der Waals surface area contributed by atoms with Crippen LogP contribution in [0.2, 0.25) is 0 Å². The van der Waals surface area contributed by atoms with Crippen molar-refractivity contribution < 1.29 is 19.1 Å². The van der Waals surface area contributed by atoms with E-state index in [0.717, 1.165) is 11.3 Å². The minimum Gasteiger partial charge on any atom is -0.478 e. The maximum Gasteiger partial charge on any atom is 0.335 e. The van der Waals surface area contributed by atoms with Crippen LogP contribution in [0, 0.1) is 0 Å². The van der Waals surface area contributed by atoms with E-state index in [4.69, 9.17) is 9.52 Å². The van der Waals surface area contributed by atoms with Crippen LogP contribution in [0.25, 0.3) is 0 Å². The molecule has 2 aromatic rings. The number of carbonyl (C=O) groups excluding carboxylic acids is 1. The van der Waals surface area contributed by atoms with E-state index in [-0.39, 0.29) is 17.5 Å². The average Bonchev–Trinajstić information content (AvgIpc) is 3.05. The number of nitrogens with zero attached hydrogens (tertiary/aromatic N) is 1. The number of hydrogen-bond acceptors (Lipinski definition) is 3. The molecule has 0 spiro atoms. The lowest BCUT2D eigenvalue weighted by Crippen LogP contribution is -2.29. The highest BCUT2D eigenvalue weighted by molar-refractivity contribution is 5.87. The number of carbonyl (C=O) groups is 2. The molecule has 0 saturated carbocycles. The first-order valence-corrected chi connectivity index (χ1v) is 7.10. The van der Waals surface area contributed by atoms with Crippen molar-refractivity contribution in [2.24, 2.45) is 0 Å². The standard InChI is InChI=1S/C17H19NO4/c1-12(15-4-3-11-22-15)18(2)16(19)10-7-13-5-8-14(9-6-13)17(20)21/h3-6,8-9,11-12H,7,10H2,1-2H3,(H,20,21). The fraction of sp³-hybridized carbons (Fsp3) is 0.294. The van der Waals surface area contributed by atoms with Crippen molar-refractivity contribution in [2.45, 2.75) is 25.8 Å². The van der Waals surface area contributed by atoms with Crippen molar-refractivity contribution in [1.82, 2.24) is 4.90 Å². The van der Waals surface area contributed by atoms with Crippen LogP contribution >= 0.6 is 0 Å². The van der Waals surface area contributed by atoms with Crippen LogP contribution in [0.15, 0.2) is 47.1 Å². The Morgan fingerprint density at radius 1 is 1.23 bits per heavy atom. The third-order valence-corrected chi connectivity index (χ3v) is 3.76. The predicted molar refractivity (Wildman–Crippen MR) is 81.6 cm³/mol. The van der Waals surface area contributed by atoms with Gasteiger partial charge in [0.05, 0.1) is 17.9 Å². The van der Waals surface area contributed by atoms with E-state index in [0.29, 0.717) is 12.8 Å². The quantitative estimate of drug-likeness (QED) is 0.890. The summed E-state index contributed by atoms with van der Waals surface area (Å²) in [4.78, 5) is 24.7. The number of aromatic carboxylic acids is 1. The van der Waals surface area contributed by atoms with E-state index in [1.54, 1.807) is 48.5 Å². The largest absolute Gasteiger partial charge is 0.478 e. The Hall–Kier alpha value is -2.56. The van der Waals surface area contributed by atoms with Gasteiger partial charge in [0.25, 0.3) is 0 Å². The van der Waals surface area contributed by atoms with Gasteiger partial charge in [-0.05, 0) is 43.2 Å². The number of carboxylic acids is 1. The van der Waals surface area contributed by atoms with Gasteiger partial charge >= 0.3 is 5.97 Å². The smallest absolute Gasteiger partial charge is 0.335 e. The van der Waals surface area contributed by atoms with Crippen LogP contribution in [0.3, 0.4) is 0 Å². The third-order valence-electron chi connectivity index (χ3n) is 3.76. The Kier molecular flexibility index (Phi) is 4.99. The molecular weight excluding hydrogens is 282 g/mol. The maximum absolute atomic E-state index is 12.2. The van der Waals surface area contributed by atoms with Crippen molar-refractivity contribution in [1.29, 1.82) is 0 Å². The highest BCUT2D eigenvalue weighted by atomic mass is 16.4. The molecule has 0 bridgehead atoms. The summed E-state index contributed by atoms with van der Waals surface area (Å²) in [6, 6.07) is 10.1. The van der Waals surface area contributed by atoms with Crippen molar-refractivity contribution in [3.05, 3.63) is 59.5 Å². The van der Waals surface area contributed by atoms with Crippen LogP contribution in [-0.2, 0) is 11.2 Å². The number of furan rings is 1. The molecule has 0 aliphatic carbocycles. The van der Waals surface area contributed by atoms with Gasteiger partial charge in [-0.15, -0.1) is 0 Å². The molecule has 1 amide bonds. The van der Waals surface area contributed by atoms with Crippen LogP contribution in [0.1, 0.15) is 41.1 Å². The Bertz CT molecular complexity index is 631. The fourth-order valence-corrected chi connectivity index (χ4v) is 2.18. The molecule has 1 unspecified atom stereocenters. The van der Waals surface area contributed by atoms with E-state index in [2.05, 4.69) is 0 Å². The maximum atomic E-state index is 12.2. The molecule has 1 aromatic carbocycles. The number of amides is 1. The second-order valence-electron chi connectivity index (χ2n) is 5.20. The van der Waals surface area contributed by atoms with Crippen LogP contribution in [0.4, 0.5) is 0 Å². The molecule has 5 heteroatoms. The number of aryl methyl sites for hydroxylation is 1. The molecule has 1 aromatic heterocycles. The van der Waals surface area contributed by atoms with Gasteiger partial charge in [0, 0.05) is 13.5 Å². The summed E-state index contributed by atoms with van der Waals surface area (Å²) in [5.74, 6) is -0.178. The number of carboxylic acid groups (broad SMARTS) is 1. The van der Waals surface area contributed by atoms with E-state index < -0.39 is 5.97 Å². The number of benzene rings is 1. The first-order chi connectivity index (χ1) is 10.5. The van der Waals surface area contributed by atoms with E-state index in [1.165, 1.54) is 0 Å². The lowest BCUT2D eigenvalue weighted by molar-refractivity contribution is -0.132. The molecule has 0 fully saturated rings. The molecule has 0 radical (unpaired) electrons. The zero-order valence-corrected chi connectivity index (χ0v) is 12.7. The van der Waals surface area contributed by atoms with Crippen LogP contribution in [0.5, 0.6) is 0 Å². The summed E-state index contributed by atoms with van der Waals surface area (Å²) < 4.78 is 5.32. The van der Waals surface area contributed by atoms with Gasteiger partial charge in [-0.1, -0.05) is 12.1 Å².